The second-order valence-electron chi connectivity index (χ2n) is 14.5. The lowest BCUT2D eigenvalue weighted by molar-refractivity contribution is -0.302. The Kier molecular flexibility index (Phi) is 27.7. The molecule has 0 aromatic rings. The number of carbonyl (C=O) groups excluding carboxylic acids is 1. The van der Waals surface area contributed by atoms with Crippen LogP contribution in [0, 0.1) is 5.92 Å². The molecule has 0 aromatic heterocycles. The number of aliphatic hydroxyl groups is 6. The van der Waals surface area contributed by atoms with E-state index in [-0.39, 0.29) is 6.61 Å². The van der Waals surface area contributed by atoms with Crippen LogP contribution >= 0.6 is 0 Å². The first kappa shape index (κ1) is 47.4. The quantitative estimate of drug-likeness (QED) is 0.0339. The minimum Gasteiger partial charge on any atom is -0.394 e. The van der Waals surface area contributed by atoms with Crippen molar-refractivity contribution in [2.45, 2.75) is 199 Å². The Morgan fingerprint density at radius 1 is 0.784 bits per heavy atom. The fourth-order valence-corrected chi connectivity index (χ4v) is 6.23. The highest BCUT2D eigenvalue weighted by molar-refractivity contribution is 5.82. The summed E-state index contributed by atoms with van der Waals surface area (Å²) in [5, 5.41) is 64.6. The van der Waals surface area contributed by atoms with E-state index >= 15 is 0 Å². The maximum Gasteiger partial charge on any atom is 0.253 e. The molecule has 1 rings (SSSR count). The topological polar surface area (TPSA) is 169 Å². The van der Waals surface area contributed by atoms with Crippen LogP contribution in [0.2, 0.25) is 0 Å². The molecule has 1 heterocycles. The number of amides is 1. The number of carbonyl (C=O) groups is 1. The molecule has 1 amide bonds. The number of aliphatic hydroxyl groups excluding tert-OH is 6. The minimum absolute atomic E-state index is 0.341. The van der Waals surface area contributed by atoms with Gasteiger partial charge in [-0.3, -0.25) is 4.79 Å². The van der Waals surface area contributed by atoms with Crippen LogP contribution < -0.4 is 5.32 Å². The predicted octanol–water partition coefficient (Wildman–Crippen LogP) is 6.16. The molecule has 1 aliphatic rings. The largest absolute Gasteiger partial charge is 0.394 e. The fourth-order valence-electron chi connectivity index (χ4n) is 6.23. The molecule has 1 fully saturated rings. The lowest BCUT2D eigenvalue weighted by Crippen LogP contribution is -2.60. The lowest BCUT2D eigenvalue weighted by atomic mass is 9.95. The molecule has 0 spiro atoms. The van der Waals surface area contributed by atoms with Gasteiger partial charge in [-0.25, -0.2) is 0 Å². The number of rotatable bonds is 30. The van der Waals surface area contributed by atoms with Crippen molar-refractivity contribution in [1.82, 2.24) is 5.32 Å². The first-order valence-corrected chi connectivity index (χ1v) is 20.2. The van der Waals surface area contributed by atoms with Gasteiger partial charge in [0.2, 0.25) is 0 Å². The van der Waals surface area contributed by atoms with Crippen molar-refractivity contribution in [3.63, 3.8) is 0 Å². The molecule has 7 N–H and O–H groups in total. The summed E-state index contributed by atoms with van der Waals surface area (Å²) in [5.74, 6) is -0.324. The SMILES string of the molecule is CCCCCCCCCCCC/C=C/C(O)C(=O)NC(CO[C@@H]1O[C@H](CO)[C@@H](O)[C@H](O)[C@H]1O)C(O)/C=C/CC(CC)C/C=C(\C)CCCCCC. The number of hydrogen-bond acceptors (Lipinski definition) is 9. The Labute approximate surface area is 309 Å². The number of unbranched alkanes of at least 4 members (excludes halogenated alkanes) is 13. The summed E-state index contributed by atoms with van der Waals surface area (Å²) >= 11 is 0. The first-order valence-electron chi connectivity index (χ1n) is 20.2. The Morgan fingerprint density at radius 3 is 2.00 bits per heavy atom. The molecule has 0 radical (unpaired) electrons. The molecule has 10 heteroatoms. The van der Waals surface area contributed by atoms with Gasteiger partial charge < -0.3 is 45.4 Å². The smallest absolute Gasteiger partial charge is 0.253 e. The van der Waals surface area contributed by atoms with Gasteiger partial charge in [0.1, 0.15) is 24.4 Å². The lowest BCUT2D eigenvalue weighted by Gasteiger charge is -2.40. The summed E-state index contributed by atoms with van der Waals surface area (Å²) in [7, 11) is 0. The molecule has 0 aliphatic carbocycles. The van der Waals surface area contributed by atoms with Crippen LogP contribution in [0.4, 0.5) is 0 Å². The van der Waals surface area contributed by atoms with Gasteiger partial charge >= 0.3 is 0 Å². The zero-order valence-electron chi connectivity index (χ0n) is 32.3. The second kappa shape index (κ2) is 29.8. The molecule has 0 aromatic carbocycles. The summed E-state index contributed by atoms with van der Waals surface area (Å²) in [5.41, 5.74) is 1.40. The van der Waals surface area contributed by atoms with Crippen molar-refractivity contribution in [3.8, 4) is 0 Å². The highest BCUT2D eigenvalue weighted by atomic mass is 16.7. The van der Waals surface area contributed by atoms with E-state index < -0.39 is 61.5 Å². The highest BCUT2D eigenvalue weighted by Gasteiger charge is 2.44. The van der Waals surface area contributed by atoms with E-state index in [0.717, 1.165) is 44.9 Å². The number of ether oxygens (including phenoxy) is 2. The molecule has 0 saturated carbocycles. The summed E-state index contributed by atoms with van der Waals surface area (Å²) in [6.07, 6.45) is 20.8. The van der Waals surface area contributed by atoms with Crippen LogP contribution in [0.5, 0.6) is 0 Å². The van der Waals surface area contributed by atoms with E-state index in [0.29, 0.717) is 5.92 Å². The van der Waals surface area contributed by atoms with Gasteiger partial charge in [0, 0.05) is 0 Å². The molecule has 298 valence electrons. The first-order chi connectivity index (χ1) is 24.6. The van der Waals surface area contributed by atoms with Gasteiger partial charge in [-0.1, -0.05) is 140 Å². The molecule has 51 heavy (non-hydrogen) atoms. The molecule has 4 unspecified atom stereocenters. The third-order valence-electron chi connectivity index (χ3n) is 9.94. The monoisotopic (exact) mass is 726 g/mol. The van der Waals surface area contributed by atoms with Crippen LogP contribution in [0.15, 0.2) is 36.0 Å². The van der Waals surface area contributed by atoms with Gasteiger partial charge in [-0.2, -0.15) is 0 Å². The zero-order valence-corrected chi connectivity index (χ0v) is 32.3. The zero-order chi connectivity index (χ0) is 37.9. The van der Waals surface area contributed by atoms with Crippen molar-refractivity contribution < 1.29 is 44.9 Å². The van der Waals surface area contributed by atoms with Crippen LogP contribution in [0.25, 0.3) is 0 Å². The van der Waals surface area contributed by atoms with Gasteiger partial charge in [0.25, 0.3) is 5.91 Å². The summed E-state index contributed by atoms with van der Waals surface area (Å²) in [6, 6.07) is -1.03. The van der Waals surface area contributed by atoms with Crippen LogP contribution in [-0.2, 0) is 14.3 Å². The van der Waals surface area contributed by atoms with E-state index in [1.165, 1.54) is 88.7 Å². The Morgan fingerprint density at radius 2 is 1.39 bits per heavy atom. The van der Waals surface area contributed by atoms with E-state index in [2.05, 4.69) is 39.1 Å². The summed E-state index contributed by atoms with van der Waals surface area (Å²) < 4.78 is 11.1. The van der Waals surface area contributed by atoms with Crippen molar-refractivity contribution in [1.29, 1.82) is 0 Å². The molecule has 0 bridgehead atoms. The summed E-state index contributed by atoms with van der Waals surface area (Å²) in [4.78, 5) is 13.0. The number of nitrogens with one attached hydrogen (secondary N) is 1. The maximum absolute atomic E-state index is 13.0. The molecule has 9 atom stereocenters. The highest BCUT2D eigenvalue weighted by Crippen LogP contribution is 2.23. The molecule has 1 aliphatic heterocycles. The Bertz CT molecular complexity index is 955. The minimum atomic E-state index is -1.63. The van der Waals surface area contributed by atoms with Gasteiger partial charge in [0.05, 0.1) is 25.4 Å². The molecule has 10 nitrogen and oxygen atoms in total. The number of allylic oxidation sites excluding steroid dienone is 4. The average Bonchev–Trinajstić information content (AvgIpc) is 3.13. The van der Waals surface area contributed by atoms with Gasteiger partial charge in [-0.05, 0) is 51.4 Å². The predicted molar refractivity (Wildman–Crippen MR) is 204 cm³/mol. The van der Waals surface area contributed by atoms with Crippen molar-refractivity contribution in [2.75, 3.05) is 13.2 Å². The van der Waals surface area contributed by atoms with E-state index in [1.54, 1.807) is 12.2 Å². The van der Waals surface area contributed by atoms with Crippen molar-refractivity contribution in [2.24, 2.45) is 5.92 Å². The Hall–Kier alpha value is -1.63. The van der Waals surface area contributed by atoms with E-state index in [4.69, 9.17) is 9.47 Å². The normalized spacial score (nSPS) is 23.9. The maximum atomic E-state index is 13.0. The van der Waals surface area contributed by atoms with Crippen molar-refractivity contribution in [3.05, 3.63) is 36.0 Å². The third kappa shape index (κ3) is 21.0. The average molecular weight is 726 g/mol. The summed E-state index contributed by atoms with van der Waals surface area (Å²) in [6.45, 7) is 7.81. The molecule has 1 saturated heterocycles. The standard InChI is InChI=1S/C41H75NO9/c1-5-8-10-12-13-14-15-16-17-18-19-21-25-35(45)40(49)42-33(30-50-41-39(48)38(47)37(46)36(29-43)51-41)34(44)26-22-24-32(7-3)28-27-31(4)23-20-11-9-6-2/h21-22,25-27,32-39,41,43-48H,5-20,23-24,28-30H2,1-4H3,(H,42,49)/b25-21+,26-22+,31-27+/t32?,33?,34?,35?,36-,37-,38+,39-,41-/m1/s1. The molecular weight excluding hydrogens is 650 g/mol. The van der Waals surface area contributed by atoms with Crippen molar-refractivity contribution >= 4 is 5.91 Å². The van der Waals surface area contributed by atoms with Gasteiger partial charge in [-0.15, -0.1) is 0 Å². The fraction of sp³-hybridized carbons (Fsp3) is 0.829. The second-order valence-corrected chi connectivity index (χ2v) is 14.5. The van der Waals surface area contributed by atoms with E-state index in [1.807, 2.05) is 6.08 Å². The van der Waals surface area contributed by atoms with Gasteiger partial charge in [0.15, 0.2) is 12.4 Å². The number of hydrogen-bond donors (Lipinski definition) is 7. The third-order valence-corrected chi connectivity index (χ3v) is 9.94. The Balaban J connectivity index is 2.75. The van der Waals surface area contributed by atoms with Crippen LogP contribution in [0.3, 0.4) is 0 Å². The van der Waals surface area contributed by atoms with E-state index in [9.17, 15) is 35.4 Å². The molecular formula is C41H75NO9. The van der Waals surface area contributed by atoms with Crippen LogP contribution in [-0.4, -0.2) is 98.7 Å². The van der Waals surface area contributed by atoms with Crippen LogP contribution in [0.1, 0.15) is 150 Å².